The van der Waals surface area contributed by atoms with E-state index in [9.17, 15) is 13.2 Å². The van der Waals surface area contributed by atoms with Gasteiger partial charge < -0.3 is 4.42 Å². The van der Waals surface area contributed by atoms with Crippen LogP contribution in [0.5, 0.6) is 0 Å². The zero-order chi connectivity index (χ0) is 22.9. The minimum Gasteiger partial charge on any atom is -0.467 e. The van der Waals surface area contributed by atoms with E-state index in [2.05, 4.69) is 20.9 Å². The van der Waals surface area contributed by atoms with Gasteiger partial charge in [-0.3, -0.25) is 9.69 Å². The fourth-order valence-electron chi connectivity index (χ4n) is 3.16. The molecule has 2 aromatic carbocycles. The number of rotatable bonds is 7. The van der Waals surface area contributed by atoms with Crippen LogP contribution in [0.1, 0.15) is 25.2 Å². The standard InChI is InChI=1S/C23H21BrN2O4S2/c1-15(2)32(28,29)19-8-5-16(6-9-19)12-22(27)26(14-18-4-3-11-30-18)23-25-20-10-7-17(24)13-21(20)31-23/h3-11,13,15H,12,14H2,1-2H3. The quantitative estimate of drug-likeness (QED) is 0.309. The number of halogens is 1. The van der Waals surface area contributed by atoms with Crippen molar-refractivity contribution < 1.29 is 17.6 Å². The molecule has 9 heteroatoms. The third kappa shape index (κ3) is 4.79. The number of benzene rings is 2. The Labute approximate surface area is 198 Å². The van der Waals surface area contributed by atoms with Gasteiger partial charge in [-0.25, -0.2) is 13.4 Å². The van der Waals surface area contributed by atoms with Crippen LogP contribution < -0.4 is 4.90 Å². The van der Waals surface area contributed by atoms with Crippen LogP contribution >= 0.6 is 27.3 Å². The topological polar surface area (TPSA) is 80.5 Å². The summed E-state index contributed by atoms with van der Waals surface area (Å²) in [5.41, 5.74) is 1.54. The molecule has 0 unspecified atom stereocenters. The van der Waals surface area contributed by atoms with Gasteiger partial charge in [0, 0.05) is 4.47 Å². The third-order valence-corrected chi connectivity index (χ3v) is 8.70. The first kappa shape index (κ1) is 22.7. The number of amides is 1. The number of carbonyl (C=O) groups excluding carboxylic acids is 1. The van der Waals surface area contributed by atoms with Crippen LogP contribution in [-0.4, -0.2) is 24.6 Å². The zero-order valence-corrected chi connectivity index (χ0v) is 20.7. The smallest absolute Gasteiger partial charge is 0.233 e. The molecule has 4 aromatic rings. The molecule has 4 rings (SSSR count). The average Bonchev–Trinajstić information content (AvgIpc) is 3.41. The Hall–Kier alpha value is -2.49. The second-order valence-corrected chi connectivity index (χ2v) is 12.0. The number of aromatic nitrogens is 1. The minimum atomic E-state index is -3.35. The lowest BCUT2D eigenvalue weighted by Gasteiger charge is -2.19. The molecule has 166 valence electrons. The van der Waals surface area contributed by atoms with Crippen LogP contribution in [0.15, 0.2) is 74.6 Å². The lowest BCUT2D eigenvalue weighted by atomic mass is 10.1. The first-order valence-corrected chi connectivity index (χ1v) is 13.1. The molecule has 0 fully saturated rings. The monoisotopic (exact) mass is 532 g/mol. The van der Waals surface area contributed by atoms with Crippen molar-refractivity contribution in [2.24, 2.45) is 0 Å². The average molecular weight is 533 g/mol. The molecule has 2 aromatic heterocycles. The molecule has 0 aliphatic rings. The van der Waals surface area contributed by atoms with E-state index >= 15 is 0 Å². The Kier molecular flexibility index (Phi) is 6.50. The second-order valence-electron chi connectivity index (χ2n) is 7.58. The number of fused-ring (bicyclic) bond motifs is 1. The highest BCUT2D eigenvalue weighted by Crippen LogP contribution is 2.32. The van der Waals surface area contributed by atoms with Crippen LogP contribution in [0.25, 0.3) is 10.2 Å². The summed E-state index contributed by atoms with van der Waals surface area (Å²) in [5.74, 6) is 0.496. The van der Waals surface area contributed by atoms with Gasteiger partial charge >= 0.3 is 0 Å². The van der Waals surface area contributed by atoms with Gasteiger partial charge in [-0.05, 0) is 61.9 Å². The van der Waals surface area contributed by atoms with Crippen molar-refractivity contribution in [3.8, 4) is 0 Å². The van der Waals surface area contributed by atoms with Crippen molar-refractivity contribution in [3.05, 3.63) is 76.7 Å². The number of hydrogen-bond acceptors (Lipinski definition) is 6. The summed E-state index contributed by atoms with van der Waals surface area (Å²) in [7, 11) is -3.35. The third-order valence-electron chi connectivity index (χ3n) is 4.99. The van der Waals surface area contributed by atoms with E-state index < -0.39 is 15.1 Å². The van der Waals surface area contributed by atoms with E-state index in [1.54, 1.807) is 55.3 Å². The SMILES string of the molecule is CC(C)S(=O)(=O)c1ccc(CC(=O)N(Cc2ccco2)c2nc3ccc(Br)cc3s2)cc1. The summed E-state index contributed by atoms with van der Waals surface area (Å²) >= 11 is 4.90. The zero-order valence-electron chi connectivity index (χ0n) is 17.5. The van der Waals surface area contributed by atoms with Gasteiger partial charge in [0.1, 0.15) is 5.76 Å². The van der Waals surface area contributed by atoms with Crippen molar-refractivity contribution in [1.82, 2.24) is 4.98 Å². The fraction of sp³-hybridized carbons (Fsp3) is 0.217. The number of hydrogen-bond donors (Lipinski definition) is 0. The predicted octanol–water partition coefficient (Wildman–Crippen LogP) is 5.61. The second kappa shape index (κ2) is 9.17. The van der Waals surface area contributed by atoms with Gasteiger partial charge in [-0.1, -0.05) is 39.4 Å². The van der Waals surface area contributed by atoms with E-state index in [1.165, 1.54) is 11.3 Å². The Morgan fingerprint density at radius 3 is 2.56 bits per heavy atom. The molecule has 0 aliphatic carbocycles. The summed E-state index contributed by atoms with van der Waals surface area (Å²) in [6.45, 7) is 3.55. The maximum Gasteiger partial charge on any atom is 0.233 e. The lowest BCUT2D eigenvalue weighted by molar-refractivity contribution is -0.118. The van der Waals surface area contributed by atoms with Crippen molar-refractivity contribution in [2.45, 2.75) is 37.0 Å². The number of anilines is 1. The number of thiazole rings is 1. The van der Waals surface area contributed by atoms with Gasteiger partial charge in [-0.2, -0.15) is 0 Å². The van der Waals surface area contributed by atoms with E-state index in [4.69, 9.17) is 4.42 Å². The summed E-state index contributed by atoms with van der Waals surface area (Å²) < 4.78 is 32.1. The van der Waals surface area contributed by atoms with E-state index in [-0.39, 0.29) is 23.8 Å². The first-order chi connectivity index (χ1) is 15.2. The van der Waals surface area contributed by atoms with Gasteiger partial charge in [0.05, 0.1) is 39.6 Å². The molecule has 2 heterocycles. The van der Waals surface area contributed by atoms with Crippen molar-refractivity contribution >= 4 is 58.4 Å². The molecular weight excluding hydrogens is 512 g/mol. The molecule has 0 saturated heterocycles. The number of carbonyl (C=O) groups is 1. The number of furan rings is 1. The van der Waals surface area contributed by atoms with E-state index in [1.807, 2.05) is 24.3 Å². The van der Waals surface area contributed by atoms with Crippen LogP contribution in [-0.2, 0) is 27.6 Å². The Bertz CT molecular complexity index is 1340. The molecule has 0 N–H and O–H groups in total. The summed E-state index contributed by atoms with van der Waals surface area (Å²) in [6, 6.07) is 15.9. The van der Waals surface area contributed by atoms with Gasteiger partial charge in [0.25, 0.3) is 0 Å². The molecule has 1 amide bonds. The maximum absolute atomic E-state index is 13.3. The van der Waals surface area contributed by atoms with Gasteiger partial charge in [0.15, 0.2) is 15.0 Å². The van der Waals surface area contributed by atoms with Crippen molar-refractivity contribution in [2.75, 3.05) is 4.90 Å². The molecule has 0 aliphatic heterocycles. The largest absolute Gasteiger partial charge is 0.467 e. The minimum absolute atomic E-state index is 0.113. The molecule has 32 heavy (non-hydrogen) atoms. The summed E-state index contributed by atoms with van der Waals surface area (Å²) in [5, 5.41) is 0.0800. The Balaban J connectivity index is 1.61. The van der Waals surface area contributed by atoms with Crippen molar-refractivity contribution in [1.29, 1.82) is 0 Å². The van der Waals surface area contributed by atoms with E-state index in [0.29, 0.717) is 10.9 Å². The van der Waals surface area contributed by atoms with Crippen LogP contribution in [0.2, 0.25) is 0 Å². The molecule has 0 atom stereocenters. The number of nitrogens with zero attached hydrogens (tertiary/aromatic N) is 2. The predicted molar refractivity (Wildman–Crippen MR) is 130 cm³/mol. The van der Waals surface area contributed by atoms with Crippen molar-refractivity contribution in [3.63, 3.8) is 0 Å². The highest BCUT2D eigenvalue weighted by Gasteiger charge is 2.23. The molecule has 0 radical (unpaired) electrons. The molecule has 6 nitrogen and oxygen atoms in total. The van der Waals surface area contributed by atoms with E-state index in [0.717, 1.165) is 20.3 Å². The summed E-state index contributed by atoms with van der Waals surface area (Å²) in [6.07, 6.45) is 1.68. The highest BCUT2D eigenvalue weighted by molar-refractivity contribution is 9.10. The molecule has 0 bridgehead atoms. The summed E-state index contributed by atoms with van der Waals surface area (Å²) in [4.78, 5) is 19.8. The maximum atomic E-state index is 13.3. The van der Waals surface area contributed by atoms with Gasteiger partial charge in [-0.15, -0.1) is 0 Å². The first-order valence-electron chi connectivity index (χ1n) is 9.96. The fourth-order valence-corrected chi connectivity index (χ4v) is 5.76. The highest BCUT2D eigenvalue weighted by atomic mass is 79.9. The lowest BCUT2D eigenvalue weighted by Crippen LogP contribution is -2.31. The Morgan fingerprint density at radius 2 is 1.91 bits per heavy atom. The molecular formula is C23H21BrN2O4S2. The van der Waals surface area contributed by atoms with Crippen LogP contribution in [0, 0.1) is 0 Å². The van der Waals surface area contributed by atoms with Crippen LogP contribution in [0.3, 0.4) is 0 Å². The molecule has 0 saturated carbocycles. The number of sulfone groups is 1. The van der Waals surface area contributed by atoms with Crippen LogP contribution in [0.4, 0.5) is 5.13 Å². The molecule has 0 spiro atoms. The Morgan fingerprint density at radius 1 is 1.16 bits per heavy atom. The van der Waals surface area contributed by atoms with Gasteiger partial charge in [0.2, 0.25) is 5.91 Å². The normalized spacial score (nSPS) is 11.9.